The molecule has 0 aromatic heterocycles. The number of likely N-dealkylation sites (N-methyl/N-ethyl adjacent to an activating group) is 1. The third kappa shape index (κ3) is 4.47. The molecule has 0 aliphatic heterocycles. The van der Waals surface area contributed by atoms with Crippen LogP contribution in [0.25, 0.3) is 0 Å². The molecule has 1 unspecified atom stereocenters. The van der Waals surface area contributed by atoms with Crippen molar-refractivity contribution in [3.63, 3.8) is 0 Å². The van der Waals surface area contributed by atoms with E-state index >= 15 is 0 Å². The molecule has 2 rings (SSSR count). The van der Waals surface area contributed by atoms with E-state index in [-0.39, 0.29) is 17.8 Å². The number of carbonyl (C=O) groups excluding carboxylic acids is 2. The number of carbonyl (C=O) groups is 2. The van der Waals surface area contributed by atoms with Crippen LogP contribution in [0.5, 0.6) is 0 Å². The van der Waals surface area contributed by atoms with Gasteiger partial charge in [0, 0.05) is 17.7 Å². The van der Waals surface area contributed by atoms with Crippen LogP contribution in [0.1, 0.15) is 32.3 Å². The standard InChI is InChI=1S/C18H19FN2O2/c1-21(2)17(15-4-3-5-16(19)10-15)11-20-18(23)14-8-6-13(12-22)7-9-14/h3-10,12,17H,11H2,1-2H3,(H,20,23). The third-order valence-electron chi connectivity index (χ3n) is 3.62. The van der Waals surface area contributed by atoms with Gasteiger partial charge < -0.3 is 10.2 Å². The largest absolute Gasteiger partial charge is 0.350 e. The predicted octanol–water partition coefficient (Wildman–Crippen LogP) is 2.67. The molecule has 1 atom stereocenters. The molecule has 4 nitrogen and oxygen atoms in total. The van der Waals surface area contributed by atoms with Gasteiger partial charge >= 0.3 is 0 Å². The zero-order valence-corrected chi connectivity index (χ0v) is 13.1. The molecule has 120 valence electrons. The number of benzene rings is 2. The molecule has 0 radical (unpaired) electrons. The second-order valence-corrected chi connectivity index (χ2v) is 5.48. The van der Waals surface area contributed by atoms with Crippen molar-refractivity contribution in [3.05, 3.63) is 71.0 Å². The van der Waals surface area contributed by atoms with Gasteiger partial charge in [-0.3, -0.25) is 9.59 Å². The fourth-order valence-corrected chi connectivity index (χ4v) is 2.32. The summed E-state index contributed by atoms with van der Waals surface area (Å²) in [5.74, 6) is -0.532. The van der Waals surface area contributed by atoms with Crippen LogP contribution in [0, 0.1) is 5.82 Å². The van der Waals surface area contributed by atoms with Crippen LogP contribution in [0.2, 0.25) is 0 Å². The Bertz CT molecular complexity index is 684. The van der Waals surface area contributed by atoms with Gasteiger partial charge in [0.2, 0.25) is 0 Å². The van der Waals surface area contributed by atoms with Gasteiger partial charge in [-0.25, -0.2) is 4.39 Å². The van der Waals surface area contributed by atoms with E-state index in [0.29, 0.717) is 17.7 Å². The summed E-state index contributed by atoms with van der Waals surface area (Å²) in [5.41, 5.74) is 1.80. The Labute approximate surface area is 134 Å². The second kappa shape index (κ2) is 7.65. The van der Waals surface area contributed by atoms with Gasteiger partial charge in [0.1, 0.15) is 12.1 Å². The van der Waals surface area contributed by atoms with E-state index in [9.17, 15) is 14.0 Å². The van der Waals surface area contributed by atoms with Gasteiger partial charge in [0.15, 0.2) is 0 Å². The molecule has 0 spiro atoms. The molecule has 0 fully saturated rings. The highest BCUT2D eigenvalue weighted by atomic mass is 19.1. The normalized spacial score (nSPS) is 12.0. The fraction of sp³-hybridized carbons (Fsp3) is 0.222. The molecule has 23 heavy (non-hydrogen) atoms. The van der Waals surface area contributed by atoms with Crippen molar-refractivity contribution in [2.75, 3.05) is 20.6 Å². The first kappa shape index (κ1) is 16.8. The monoisotopic (exact) mass is 314 g/mol. The maximum atomic E-state index is 13.4. The van der Waals surface area contributed by atoms with Gasteiger partial charge in [-0.1, -0.05) is 24.3 Å². The van der Waals surface area contributed by atoms with Crippen molar-refractivity contribution < 1.29 is 14.0 Å². The molecule has 5 heteroatoms. The first-order valence-corrected chi connectivity index (χ1v) is 7.26. The maximum Gasteiger partial charge on any atom is 0.251 e. The molecule has 0 aliphatic rings. The van der Waals surface area contributed by atoms with Gasteiger partial charge in [0.05, 0.1) is 6.04 Å². The highest BCUT2D eigenvalue weighted by Gasteiger charge is 2.16. The molecule has 0 bridgehead atoms. The molecule has 2 aromatic rings. The quantitative estimate of drug-likeness (QED) is 0.834. The smallest absolute Gasteiger partial charge is 0.251 e. The van der Waals surface area contributed by atoms with Crippen molar-refractivity contribution in [1.29, 1.82) is 0 Å². The second-order valence-electron chi connectivity index (χ2n) is 5.48. The van der Waals surface area contributed by atoms with E-state index in [2.05, 4.69) is 5.32 Å². The van der Waals surface area contributed by atoms with E-state index in [4.69, 9.17) is 0 Å². The minimum absolute atomic E-state index is 0.135. The molecule has 2 aromatic carbocycles. The predicted molar refractivity (Wildman–Crippen MR) is 87.0 cm³/mol. The fourth-order valence-electron chi connectivity index (χ4n) is 2.32. The number of hydrogen-bond acceptors (Lipinski definition) is 3. The third-order valence-corrected chi connectivity index (χ3v) is 3.62. The first-order chi connectivity index (χ1) is 11.0. The molecule has 0 saturated heterocycles. The lowest BCUT2D eigenvalue weighted by Crippen LogP contribution is -2.34. The van der Waals surface area contributed by atoms with Crippen molar-refractivity contribution in [2.45, 2.75) is 6.04 Å². The number of hydrogen-bond donors (Lipinski definition) is 1. The number of halogens is 1. The van der Waals surface area contributed by atoms with E-state index in [1.165, 1.54) is 12.1 Å². The SMILES string of the molecule is CN(C)C(CNC(=O)c1ccc(C=O)cc1)c1cccc(F)c1. The molecule has 0 saturated carbocycles. The summed E-state index contributed by atoms with van der Waals surface area (Å²) >= 11 is 0. The minimum Gasteiger partial charge on any atom is -0.350 e. The summed E-state index contributed by atoms with van der Waals surface area (Å²) in [4.78, 5) is 24.7. The average Bonchev–Trinajstić information content (AvgIpc) is 2.54. The van der Waals surface area contributed by atoms with Crippen LogP contribution in [0.15, 0.2) is 48.5 Å². The molecule has 1 amide bonds. The summed E-state index contributed by atoms with van der Waals surface area (Å²) in [5, 5.41) is 2.84. The van der Waals surface area contributed by atoms with Gasteiger partial charge in [-0.05, 0) is 43.9 Å². The van der Waals surface area contributed by atoms with E-state index < -0.39 is 0 Å². The molecule has 0 heterocycles. The van der Waals surface area contributed by atoms with Crippen LogP contribution < -0.4 is 5.32 Å². The van der Waals surface area contributed by atoms with Crippen LogP contribution in [-0.2, 0) is 0 Å². The highest BCUT2D eigenvalue weighted by molar-refractivity contribution is 5.94. The Balaban J connectivity index is 2.06. The summed E-state index contributed by atoms with van der Waals surface area (Å²) in [6.45, 7) is 0.352. The number of aldehydes is 1. The number of nitrogens with one attached hydrogen (secondary N) is 1. The van der Waals surface area contributed by atoms with Crippen LogP contribution in [0.4, 0.5) is 4.39 Å². The Morgan fingerprint density at radius 1 is 1.22 bits per heavy atom. The lowest BCUT2D eigenvalue weighted by molar-refractivity contribution is 0.0941. The Hall–Kier alpha value is -2.53. The summed E-state index contributed by atoms with van der Waals surface area (Å²) in [7, 11) is 3.75. The Kier molecular flexibility index (Phi) is 5.60. The number of amides is 1. The Morgan fingerprint density at radius 2 is 1.91 bits per heavy atom. The summed E-state index contributed by atoms with van der Waals surface area (Å²) in [6, 6.07) is 12.6. The average molecular weight is 314 g/mol. The van der Waals surface area contributed by atoms with E-state index in [1.54, 1.807) is 30.3 Å². The van der Waals surface area contributed by atoms with Crippen molar-refractivity contribution in [2.24, 2.45) is 0 Å². The molecular weight excluding hydrogens is 295 g/mol. The van der Waals surface area contributed by atoms with Crippen molar-refractivity contribution >= 4 is 12.2 Å². The molecular formula is C18H19FN2O2. The summed E-state index contributed by atoms with van der Waals surface area (Å²) < 4.78 is 13.4. The van der Waals surface area contributed by atoms with Gasteiger partial charge in [-0.15, -0.1) is 0 Å². The van der Waals surface area contributed by atoms with E-state index in [1.807, 2.05) is 25.1 Å². The number of nitrogens with zero attached hydrogens (tertiary/aromatic N) is 1. The highest BCUT2D eigenvalue weighted by Crippen LogP contribution is 2.18. The first-order valence-electron chi connectivity index (χ1n) is 7.26. The maximum absolute atomic E-state index is 13.4. The van der Waals surface area contributed by atoms with E-state index in [0.717, 1.165) is 11.8 Å². The van der Waals surface area contributed by atoms with Gasteiger partial charge in [0.25, 0.3) is 5.91 Å². The number of rotatable bonds is 6. The zero-order chi connectivity index (χ0) is 16.8. The van der Waals surface area contributed by atoms with Crippen LogP contribution in [-0.4, -0.2) is 37.7 Å². The van der Waals surface area contributed by atoms with Crippen molar-refractivity contribution in [1.82, 2.24) is 10.2 Å². The lowest BCUT2D eigenvalue weighted by Gasteiger charge is -2.25. The molecule has 0 aliphatic carbocycles. The van der Waals surface area contributed by atoms with Crippen LogP contribution >= 0.6 is 0 Å². The minimum atomic E-state index is -0.301. The van der Waals surface area contributed by atoms with Crippen LogP contribution in [0.3, 0.4) is 0 Å². The lowest BCUT2D eigenvalue weighted by atomic mass is 10.1. The molecule has 1 N–H and O–H groups in total. The summed E-state index contributed by atoms with van der Waals surface area (Å²) in [6.07, 6.45) is 0.730. The Morgan fingerprint density at radius 3 is 2.48 bits per heavy atom. The van der Waals surface area contributed by atoms with Crippen molar-refractivity contribution in [3.8, 4) is 0 Å². The van der Waals surface area contributed by atoms with Gasteiger partial charge in [-0.2, -0.15) is 0 Å². The zero-order valence-electron chi connectivity index (χ0n) is 13.1. The topological polar surface area (TPSA) is 49.4 Å².